The summed E-state index contributed by atoms with van der Waals surface area (Å²) in [4.78, 5) is 0. The lowest BCUT2D eigenvalue weighted by atomic mass is 10.0. The highest BCUT2D eigenvalue weighted by Gasteiger charge is 2.38. The summed E-state index contributed by atoms with van der Waals surface area (Å²) < 4.78 is 59.2. The topological polar surface area (TPSA) is 57.2 Å². The van der Waals surface area contributed by atoms with Gasteiger partial charge in [-0.15, -0.1) is 0 Å². The summed E-state index contributed by atoms with van der Waals surface area (Å²) in [5, 5.41) is 0. The molecular formula is C13H21F3O3S2Si. The Kier molecular flexibility index (Phi) is 7.20. The van der Waals surface area contributed by atoms with Gasteiger partial charge in [-0.3, -0.25) is 0 Å². The molecule has 0 amide bonds. The molecule has 22 heavy (non-hydrogen) atoms. The monoisotopic (exact) mass is 374 g/mol. The van der Waals surface area contributed by atoms with Crippen molar-refractivity contribution in [2.75, 3.05) is 0 Å². The molecule has 1 rings (SSSR count). The average Bonchev–Trinajstić information content (AvgIpc) is 2.25. The van der Waals surface area contributed by atoms with Crippen molar-refractivity contribution in [2.24, 2.45) is 0 Å². The molecule has 0 bridgehead atoms. The van der Waals surface area contributed by atoms with Crippen LogP contribution in [0.15, 0.2) is 30.3 Å². The molecule has 0 fully saturated rings. The largest absolute Gasteiger partial charge is 0.741 e. The molecule has 128 valence electrons. The zero-order chi connectivity index (χ0) is 17.8. The Labute approximate surface area is 134 Å². The third-order valence-corrected chi connectivity index (χ3v) is 8.12. The Hall–Kier alpha value is -0.513. The minimum absolute atomic E-state index is 0.311. The maximum absolute atomic E-state index is 10.7. The first-order valence-corrected chi connectivity index (χ1v) is 13.0. The van der Waals surface area contributed by atoms with Crippen molar-refractivity contribution in [2.45, 2.75) is 43.7 Å². The molecule has 1 aromatic rings. The van der Waals surface area contributed by atoms with E-state index in [1.165, 1.54) is 5.56 Å². The Balaban J connectivity index is 0.000000472. The van der Waals surface area contributed by atoms with Gasteiger partial charge < -0.3 is 4.55 Å². The van der Waals surface area contributed by atoms with Gasteiger partial charge in [0.25, 0.3) is 7.22 Å². The predicted molar refractivity (Wildman–Crippen MR) is 87.3 cm³/mol. The summed E-state index contributed by atoms with van der Waals surface area (Å²) in [7, 11) is -7.09. The minimum atomic E-state index is -6.09. The molecule has 1 aromatic carbocycles. The summed E-state index contributed by atoms with van der Waals surface area (Å²) in [6.45, 7) is 12.0. The number of thiol groups is 1. The average molecular weight is 375 g/mol. The molecule has 0 N–H and O–H groups in total. The number of hydrogen-bond acceptors (Lipinski definition) is 3. The van der Waals surface area contributed by atoms with E-state index < -0.39 is 22.8 Å². The van der Waals surface area contributed by atoms with E-state index in [0.29, 0.717) is 4.75 Å². The Morgan fingerprint density at radius 2 is 1.41 bits per heavy atom. The lowest BCUT2D eigenvalue weighted by molar-refractivity contribution is -0.0517. The Morgan fingerprint density at radius 3 is 1.68 bits per heavy atom. The second-order valence-corrected chi connectivity index (χ2v) is 17.9. The third-order valence-electron chi connectivity index (χ3n) is 2.38. The Bertz CT molecular complexity index is 564. The van der Waals surface area contributed by atoms with Gasteiger partial charge in [-0.2, -0.15) is 13.2 Å². The van der Waals surface area contributed by atoms with E-state index in [2.05, 4.69) is 63.8 Å². The van der Waals surface area contributed by atoms with Gasteiger partial charge in [0.05, 0.1) is 0 Å². The van der Waals surface area contributed by atoms with Crippen LogP contribution in [-0.2, 0) is 26.1 Å². The van der Waals surface area contributed by atoms with Gasteiger partial charge in [-0.25, -0.2) is 8.42 Å². The quantitative estimate of drug-likeness (QED) is 0.267. The molecule has 9 heteroatoms. The van der Waals surface area contributed by atoms with Crippen molar-refractivity contribution >= 4 is 28.6 Å². The predicted octanol–water partition coefficient (Wildman–Crippen LogP) is 3.62. The zero-order valence-corrected chi connectivity index (χ0v) is 15.8. The minimum Gasteiger partial charge on any atom is -0.741 e. The van der Waals surface area contributed by atoms with E-state index in [4.69, 9.17) is 13.0 Å². The highest BCUT2D eigenvalue weighted by molar-refractivity contribution is 8.12. The molecule has 0 atom stereocenters. The number of alkyl halides is 3. The second kappa shape index (κ2) is 7.37. The molecule has 0 saturated heterocycles. The van der Waals surface area contributed by atoms with Crippen LogP contribution >= 0.6 is 0 Å². The molecular weight excluding hydrogens is 353 g/mol. The van der Waals surface area contributed by atoms with Crippen LogP contribution in [0.1, 0.15) is 19.4 Å². The van der Waals surface area contributed by atoms with Gasteiger partial charge in [-0.05, 0) is 33.5 Å². The van der Waals surface area contributed by atoms with E-state index in [1.807, 2.05) is 0 Å². The van der Waals surface area contributed by atoms with E-state index in [9.17, 15) is 13.2 Å². The van der Waals surface area contributed by atoms with Crippen molar-refractivity contribution in [1.82, 2.24) is 0 Å². The van der Waals surface area contributed by atoms with E-state index >= 15 is 0 Å². The Morgan fingerprint density at radius 1 is 1.05 bits per heavy atom. The summed E-state index contributed by atoms with van der Waals surface area (Å²) >= 11 is 1.62. The highest BCUT2D eigenvalue weighted by Crippen LogP contribution is 2.29. The van der Waals surface area contributed by atoms with Gasteiger partial charge in [0.1, 0.15) is 4.75 Å². The maximum atomic E-state index is 10.7. The van der Waals surface area contributed by atoms with Gasteiger partial charge in [-0.1, -0.05) is 41.5 Å². The van der Waals surface area contributed by atoms with Gasteiger partial charge in [0.15, 0.2) is 10.1 Å². The second-order valence-electron chi connectivity index (χ2n) is 6.11. The molecule has 3 nitrogen and oxygen atoms in total. The molecule has 0 aromatic heterocycles. The van der Waals surface area contributed by atoms with Crippen molar-refractivity contribution in [3.63, 3.8) is 0 Å². The van der Waals surface area contributed by atoms with Gasteiger partial charge in [0, 0.05) is 5.56 Å². The standard InChI is InChI=1S/C12H20SSi.CHF3O3S/c1-12(2,13-14(3,4)5)11-9-7-6-8-10-11;2-1(3,4)8(5,6)7/h6-10H,1-5H3;(H,5,6,7). The number of benzene rings is 1. The fourth-order valence-corrected chi connectivity index (χ4v) is 9.12. The smallest absolute Gasteiger partial charge is 0.485 e. The lowest BCUT2D eigenvalue weighted by Gasteiger charge is -2.23. The van der Waals surface area contributed by atoms with Crippen LogP contribution in [0.2, 0.25) is 19.6 Å². The summed E-state index contributed by atoms with van der Waals surface area (Å²) in [5.74, 6) is 0. The summed E-state index contributed by atoms with van der Waals surface area (Å²) in [6, 6.07) is 10.8. The number of rotatable bonds is 3. The van der Waals surface area contributed by atoms with Crippen LogP contribution < -0.4 is 0 Å². The van der Waals surface area contributed by atoms with Crippen molar-refractivity contribution in [1.29, 1.82) is 0 Å². The van der Waals surface area contributed by atoms with Crippen LogP contribution in [0.25, 0.3) is 0 Å². The first-order valence-electron chi connectivity index (χ1n) is 6.38. The first-order chi connectivity index (χ1) is 9.56. The fourth-order valence-electron chi connectivity index (χ4n) is 1.75. The molecule has 0 unspecified atom stereocenters. The third kappa shape index (κ3) is 8.21. The zero-order valence-electron chi connectivity index (χ0n) is 13.1. The van der Waals surface area contributed by atoms with Crippen LogP contribution in [0.4, 0.5) is 13.2 Å². The number of hydrogen-bond donors (Lipinski definition) is 0. The SMILES string of the molecule is CC(C)([SH+][Si](C)(C)C)c1ccccc1.O=S(=O)([O-])C(F)(F)F. The van der Waals surface area contributed by atoms with Crippen molar-refractivity contribution in [3.05, 3.63) is 35.9 Å². The molecule has 0 aliphatic rings. The molecule has 0 radical (unpaired) electrons. The maximum Gasteiger partial charge on any atom is 0.485 e. The summed E-state index contributed by atoms with van der Waals surface area (Å²) in [6.07, 6.45) is 0. The molecule has 0 aliphatic heterocycles. The van der Waals surface area contributed by atoms with E-state index in [0.717, 1.165) is 0 Å². The number of halogens is 3. The van der Waals surface area contributed by atoms with Gasteiger partial charge in [0.2, 0.25) is 0 Å². The fraction of sp³-hybridized carbons (Fsp3) is 0.538. The molecule has 0 aliphatic carbocycles. The summed E-state index contributed by atoms with van der Waals surface area (Å²) in [5.41, 5.74) is -4.18. The van der Waals surface area contributed by atoms with Gasteiger partial charge >= 0.3 is 5.51 Å². The van der Waals surface area contributed by atoms with Crippen LogP contribution in [-0.4, -0.2) is 25.7 Å². The van der Waals surface area contributed by atoms with Crippen LogP contribution in [0.5, 0.6) is 0 Å². The van der Waals surface area contributed by atoms with Crippen molar-refractivity contribution < 1.29 is 26.1 Å². The first kappa shape index (κ1) is 21.5. The lowest BCUT2D eigenvalue weighted by Crippen LogP contribution is -2.35. The van der Waals surface area contributed by atoms with Crippen LogP contribution in [0.3, 0.4) is 0 Å². The van der Waals surface area contributed by atoms with E-state index in [1.54, 1.807) is 11.2 Å². The van der Waals surface area contributed by atoms with Crippen LogP contribution in [0, 0.1) is 0 Å². The van der Waals surface area contributed by atoms with E-state index in [-0.39, 0.29) is 0 Å². The normalized spacial score (nSPS) is 13.3. The molecule has 0 spiro atoms. The molecule has 0 heterocycles. The highest BCUT2D eigenvalue weighted by atomic mass is 32.4. The van der Waals surface area contributed by atoms with Crippen molar-refractivity contribution in [3.8, 4) is 0 Å². The molecule has 0 saturated carbocycles.